The summed E-state index contributed by atoms with van der Waals surface area (Å²) in [7, 11) is 3.43. The smallest absolute Gasteiger partial charge is 0.154 e. The molecule has 0 saturated carbocycles. The van der Waals surface area contributed by atoms with Crippen molar-refractivity contribution >= 4 is 11.3 Å². The first-order valence-electron chi connectivity index (χ1n) is 6.06. The summed E-state index contributed by atoms with van der Waals surface area (Å²) < 4.78 is 19.1. The normalized spacial score (nSPS) is 10.7. The van der Waals surface area contributed by atoms with Crippen LogP contribution in [0.1, 0.15) is 11.4 Å². The standard InChI is InChI=1S/C13H16FN3OS/c1-15-8-4-7-11-16-17-13(19-11)12-9(14)5-3-6-10(12)18-2/h3,5-6,15H,4,7-8H2,1-2H3. The third-order valence-electron chi connectivity index (χ3n) is 2.69. The highest BCUT2D eigenvalue weighted by molar-refractivity contribution is 7.14. The molecule has 0 amide bonds. The van der Waals surface area contributed by atoms with Crippen LogP contribution in [0.25, 0.3) is 10.6 Å². The average Bonchev–Trinajstić information content (AvgIpc) is 2.87. The van der Waals surface area contributed by atoms with Crippen LogP contribution in [0.2, 0.25) is 0 Å². The van der Waals surface area contributed by atoms with Crippen LogP contribution < -0.4 is 10.1 Å². The number of ether oxygens (including phenoxy) is 1. The summed E-state index contributed by atoms with van der Waals surface area (Å²) in [6, 6.07) is 4.74. The molecule has 0 aliphatic rings. The van der Waals surface area contributed by atoms with E-state index < -0.39 is 0 Å². The fourth-order valence-electron chi connectivity index (χ4n) is 1.75. The second-order valence-electron chi connectivity index (χ2n) is 4.03. The van der Waals surface area contributed by atoms with Crippen LogP contribution >= 0.6 is 11.3 Å². The Labute approximate surface area is 115 Å². The van der Waals surface area contributed by atoms with Gasteiger partial charge in [0, 0.05) is 6.42 Å². The van der Waals surface area contributed by atoms with Crippen LogP contribution in [-0.4, -0.2) is 30.9 Å². The zero-order valence-corrected chi connectivity index (χ0v) is 11.8. The summed E-state index contributed by atoms with van der Waals surface area (Å²) in [5.41, 5.74) is 0.391. The number of aromatic nitrogens is 2. The molecule has 1 aromatic heterocycles. The molecular weight excluding hydrogens is 265 g/mol. The molecule has 0 radical (unpaired) electrons. The van der Waals surface area contributed by atoms with Gasteiger partial charge in [0.2, 0.25) is 0 Å². The molecule has 0 saturated heterocycles. The van der Waals surface area contributed by atoms with Crippen LogP contribution in [0, 0.1) is 5.82 Å². The molecule has 2 aromatic rings. The molecule has 1 N–H and O–H groups in total. The minimum Gasteiger partial charge on any atom is -0.496 e. The Morgan fingerprint density at radius 2 is 2.21 bits per heavy atom. The van der Waals surface area contributed by atoms with Gasteiger partial charge in [-0.05, 0) is 32.1 Å². The maximum Gasteiger partial charge on any atom is 0.154 e. The monoisotopic (exact) mass is 281 g/mol. The first kappa shape index (κ1) is 13.9. The maximum atomic E-state index is 13.9. The molecule has 0 aliphatic heterocycles. The second kappa shape index (κ2) is 6.58. The predicted molar refractivity (Wildman–Crippen MR) is 74.1 cm³/mol. The topological polar surface area (TPSA) is 47.0 Å². The molecule has 1 aromatic carbocycles. The van der Waals surface area contributed by atoms with Crippen molar-refractivity contribution in [3.05, 3.63) is 29.0 Å². The van der Waals surface area contributed by atoms with Gasteiger partial charge in [0.05, 0.1) is 12.7 Å². The molecule has 0 spiro atoms. The maximum absolute atomic E-state index is 13.9. The molecule has 19 heavy (non-hydrogen) atoms. The van der Waals surface area contributed by atoms with E-state index in [2.05, 4.69) is 15.5 Å². The van der Waals surface area contributed by atoms with Gasteiger partial charge in [0.15, 0.2) is 5.01 Å². The Hall–Kier alpha value is -1.53. The van der Waals surface area contributed by atoms with Crippen LogP contribution in [0.5, 0.6) is 5.75 Å². The number of benzene rings is 1. The van der Waals surface area contributed by atoms with Crippen LogP contribution in [0.15, 0.2) is 18.2 Å². The lowest BCUT2D eigenvalue weighted by Crippen LogP contribution is -2.08. The second-order valence-corrected chi connectivity index (χ2v) is 5.09. The quantitative estimate of drug-likeness (QED) is 0.826. The Morgan fingerprint density at radius 1 is 1.37 bits per heavy atom. The Bertz CT molecular complexity index is 544. The lowest BCUT2D eigenvalue weighted by molar-refractivity contribution is 0.413. The molecule has 102 valence electrons. The molecule has 0 unspecified atom stereocenters. The van der Waals surface area contributed by atoms with Crippen molar-refractivity contribution in [3.8, 4) is 16.3 Å². The SMILES string of the molecule is CNCCCc1nnc(-c2c(F)cccc2OC)s1. The fourth-order valence-corrected chi connectivity index (χ4v) is 2.69. The van der Waals surface area contributed by atoms with Crippen molar-refractivity contribution in [3.63, 3.8) is 0 Å². The summed E-state index contributed by atoms with van der Waals surface area (Å²) in [4.78, 5) is 0. The van der Waals surface area contributed by atoms with E-state index >= 15 is 0 Å². The molecule has 4 nitrogen and oxygen atoms in total. The number of nitrogens with zero attached hydrogens (tertiary/aromatic N) is 2. The number of rotatable bonds is 6. The summed E-state index contributed by atoms with van der Waals surface area (Å²) in [6.07, 6.45) is 1.83. The van der Waals surface area contributed by atoms with E-state index in [4.69, 9.17) is 4.74 Å². The van der Waals surface area contributed by atoms with Gasteiger partial charge < -0.3 is 10.1 Å². The number of hydrogen-bond acceptors (Lipinski definition) is 5. The van der Waals surface area contributed by atoms with E-state index in [-0.39, 0.29) is 5.82 Å². The Kier molecular flexibility index (Phi) is 4.81. The van der Waals surface area contributed by atoms with Gasteiger partial charge in [-0.1, -0.05) is 17.4 Å². The van der Waals surface area contributed by atoms with Crippen LogP contribution in [0.4, 0.5) is 4.39 Å². The van der Waals surface area contributed by atoms with Crippen molar-refractivity contribution in [1.82, 2.24) is 15.5 Å². The number of nitrogens with one attached hydrogen (secondary N) is 1. The number of hydrogen-bond donors (Lipinski definition) is 1. The Balaban J connectivity index is 2.23. The van der Waals surface area contributed by atoms with Crippen LogP contribution in [0.3, 0.4) is 0 Å². The first-order chi connectivity index (χ1) is 9.26. The van der Waals surface area contributed by atoms with Crippen molar-refractivity contribution in [1.29, 1.82) is 0 Å². The number of methoxy groups -OCH3 is 1. The first-order valence-corrected chi connectivity index (χ1v) is 6.87. The molecular formula is C13H16FN3OS. The van der Waals surface area contributed by atoms with Gasteiger partial charge in [0.1, 0.15) is 16.6 Å². The largest absolute Gasteiger partial charge is 0.496 e. The molecule has 0 bridgehead atoms. The number of halogens is 1. The van der Waals surface area contributed by atoms with E-state index in [1.54, 1.807) is 12.1 Å². The fraction of sp³-hybridized carbons (Fsp3) is 0.385. The minimum absolute atomic E-state index is 0.336. The highest BCUT2D eigenvalue weighted by Crippen LogP contribution is 2.34. The van der Waals surface area contributed by atoms with E-state index in [1.807, 2.05) is 7.05 Å². The van der Waals surface area contributed by atoms with Gasteiger partial charge >= 0.3 is 0 Å². The van der Waals surface area contributed by atoms with Crippen molar-refractivity contribution in [2.75, 3.05) is 20.7 Å². The molecule has 2 rings (SSSR count). The highest BCUT2D eigenvalue weighted by Gasteiger charge is 2.16. The third kappa shape index (κ3) is 3.27. The van der Waals surface area contributed by atoms with E-state index in [1.165, 1.54) is 24.5 Å². The zero-order chi connectivity index (χ0) is 13.7. The van der Waals surface area contributed by atoms with Crippen molar-refractivity contribution in [2.24, 2.45) is 0 Å². The average molecular weight is 281 g/mol. The highest BCUT2D eigenvalue weighted by atomic mass is 32.1. The van der Waals surface area contributed by atoms with Gasteiger partial charge in [-0.15, -0.1) is 10.2 Å². The van der Waals surface area contributed by atoms with Gasteiger partial charge in [0.25, 0.3) is 0 Å². The lowest BCUT2D eigenvalue weighted by Gasteiger charge is -2.05. The lowest BCUT2D eigenvalue weighted by atomic mass is 10.2. The predicted octanol–water partition coefficient (Wildman–Crippen LogP) is 2.50. The summed E-state index contributed by atoms with van der Waals surface area (Å²) in [5.74, 6) is 0.148. The summed E-state index contributed by atoms with van der Waals surface area (Å²) >= 11 is 1.41. The number of aryl methyl sites for hydroxylation is 1. The molecule has 0 atom stereocenters. The molecule has 0 fully saturated rings. The minimum atomic E-state index is -0.336. The van der Waals surface area contributed by atoms with Gasteiger partial charge in [-0.25, -0.2) is 4.39 Å². The van der Waals surface area contributed by atoms with Gasteiger partial charge in [-0.3, -0.25) is 0 Å². The van der Waals surface area contributed by atoms with Crippen LogP contribution in [-0.2, 0) is 6.42 Å². The van der Waals surface area contributed by atoms with Crippen molar-refractivity contribution < 1.29 is 9.13 Å². The molecule has 1 heterocycles. The van der Waals surface area contributed by atoms with E-state index in [0.29, 0.717) is 16.3 Å². The van der Waals surface area contributed by atoms with Crippen molar-refractivity contribution in [2.45, 2.75) is 12.8 Å². The van der Waals surface area contributed by atoms with E-state index in [0.717, 1.165) is 24.4 Å². The summed E-state index contributed by atoms with van der Waals surface area (Å²) in [5, 5.41) is 12.7. The molecule has 6 heteroatoms. The zero-order valence-electron chi connectivity index (χ0n) is 10.9. The van der Waals surface area contributed by atoms with E-state index in [9.17, 15) is 4.39 Å². The summed E-state index contributed by atoms with van der Waals surface area (Å²) in [6.45, 7) is 0.929. The molecule has 0 aliphatic carbocycles. The third-order valence-corrected chi connectivity index (χ3v) is 3.69. The Morgan fingerprint density at radius 3 is 2.95 bits per heavy atom. The van der Waals surface area contributed by atoms with Gasteiger partial charge in [-0.2, -0.15) is 0 Å².